The van der Waals surface area contributed by atoms with E-state index < -0.39 is 11.7 Å². The Balaban J connectivity index is 1.41. The molecule has 0 saturated carbocycles. The predicted octanol–water partition coefficient (Wildman–Crippen LogP) is 3.17. The van der Waals surface area contributed by atoms with Gasteiger partial charge < -0.3 is 19.6 Å². The molecule has 4 rings (SSSR count). The van der Waals surface area contributed by atoms with Gasteiger partial charge in [0.1, 0.15) is 11.3 Å². The minimum atomic E-state index is -0.789. The molecule has 146 valence electrons. The summed E-state index contributed by atoms with van der Waals surface area (Å²) in [7, 11) is 0. The van der Waals surface area contributed by atoms with Crippen LogP contribution in [0, 0.1) is 0 Å². The highest BCUT2D eigenvalue weighted by Crippen LogP contribution is 2.26. The van der Waals surface area contributed by atoms with Gasteiger partial charge in [-0.3, -0.25) is 4.79 Å². The van der Waals surface area contributed by atoms with E-state index >= 15 is 0 Å². The number of carbonyl (C=O) groups is 1. The van der Waals surface area contributed by atoms with Crippen molar-refractivity contribution in [2.24, 2.45) is 0 Å². The predicted molar refractivity (Wildman–Crippen MR) is 110 cm³/mol. The standard InChI is InChI=1S/C23H19NO5/c25-20(15-6-2-1-3-7-15)13-24-22(26)14-28-16-10-11-18-17-8-4-5-9-19(17)23(27)29-21(18)12-16/h1-12,20,25H,13-14H2,(H,24,26). The largest absolute Gasteiger partial charge is 0.484 e. The van der Waals surface area contributed by atoms with Gasteiger partial charge in [0.15, 0.2) is 6.61 Å². The molecule has 0 fully saturated rings. The van der Waals surface area contributed by atoms with E-state index in [4.69, 9.17) is 9.15 Å². The van der Waals surface area contributed by atoms with E-state index in [1.165, 1.54) is 0 Å². The molecule has 1 heterocycles. The number of aliphatic hydroxyl groups excluding tert-OH is 1. The van der Waals surface area contributed by atoms with E-state index in [1.54, 1.807) is 42.5 Å². The lowest BCUT2D eigenvalue weighted by atomic mass is 10.1. The van der Waals surface area contributed by atoms with E-state index in [2.05, 4.69) is 5.32 Å². The average Bonchev–Trinajstić information content (AvgIpc) is 2.76. The highest BCUT2D eigenvalue weighted by Gasteiger charge is 2.11. The van der Waals surface area contributed by atoms with Gasteiger partial charge in [-0.25, -0.2) is 4.79 Å². The molecule has 2 N–H and O–H groups in total. The Morgan fingerprint density at radius 1 is 0.966 bits per heavy atom. The van der Waals surface area contributed by atoms with Gasteiger partial charge in [-0.1, -0.05) is 48.5 Å². The van der Waals surface area contributed by atoms with Crippen molar-refractivity contribution in [1.29, 1.82) is 0 Å². The molecule has 0 radical (unpaired) electrons. The number of nitrogens with one attached hydrogen (secondary N) is 1. The summed E-state index contributed by atoms with van der Waals surface area (Å²) >= 11 is 0. The number of hydrogen-bond donors (Lipinski definition) is 2. The Morgan fingerprint density at radius 3 is 2.48 bits per heavy atom. The third-order valence-electron chi connectivity index (χ3n) is 4.64. The van der Waals surface area contributed by atoms with E-state index in [-0.39, 0.29) is 19.1 Å². The van der Waals surface area contributed by atoms with Crippen molar-refractivity contribution in [2.45, 2.75) is 6.10 Å². The lowest BCUT2D eigenvalue weighted by Crippen LogP contribution is -2.32. The highest BCUT2D eigenvalue weighted by molar-refractivity contribution is 6.04. The molecule has 1 amide bonds. The molecule has 1 unspecified atom stereocenters. The van der Waals surface area contributed by atoms with Gasteiger partial charge in [0.05, 0.1) is 11.5 Å². The number of hydrogen-bond acceptors (Lipinski definition) is 5. The van der Waals surface area contributed by atoms with E-state index in [0.29, 0.717) is 16.7 Å². The van der Waals surface area contributed by atoms with Crippen LogP contribution in [0.4, 0.5) is 0 Å². The number of ether oxygens (including phenoxy) is 1. The zero-order chi connectivity index (χ0) is 20.2. The van der Waals surface area contributed by atoms with Crippen LogP contribution in [-0.2, 0) is 4.79 Å². The Kier molecular flexibility index (Phi) is 5.27. The third-order valence-corrected chi connectivity index (χ3v) is 4.64. The molecule has 6 heteroatoms. The zero-order valence-electron chi connectivity index (χ0n) is 15.5. The molecule has 0 aliphatic heterocycles. The second-order valence-electron chi connectivity index (χ2n) is 6.61. The molecule has 0 bridgehead atoms. The minimum Gasteiger partial charge on any atom is -0.484 e. The first-order valence-electron chi connectivity index (χ1n) is 9.20. The first-order chi connectivity index (χ1) is 14.1. The summed E-state index contributed by atoms with van der Waals surface area (Å²) in [4.78, 5) is 24.2. The van der Waals surface area contributed by atoms with Gasteiger partial charge in [-0.15, -0.1) is 0 Å². The number of carbonyl (C=O) groups excluding carboxylic acids is 1. The number of amides is 1. The first-order valence-corrected chi connectivity index (χ1v) is 9.20. The van der Waals surface area contributed by atoms with E-state index in [1.807, 2.05) is 30.3 Å². The number of fused-ring (bicyclic) bond motifs is 3. The van der Waals surface area contributed by atoms with Crippen molar-refractivity contribution in [1.82, 2.24) is 5.32 Å². The maximum atomic E-state index is 12.1. The molecule has 29 heavy (non-hydrogen) atoms. The van der Waals surface area contributed by atoms with Crippen LogP contribution >= 0.6 is 0 Å². The number of benzene rings is 3. The van der Waals surface area contributed by atoms with Crippen LogP contribution < -0.4 is 15.7 Å². The fraction of sp³-hybridized carbons (Fsp3) is 0.130. The van der Waals surface area contributed by atoms with Crippen LogP contribution in [0.5, 0.6) is 5.75 Å². The van der Waals surface area contributed by atoms with E-state index in [9.17, 15) is 14.7 Å². The van der Waals surface area contributed by atoms with Crippen LogP contribution in [0.3, 0.4) is 0 Å². The summed E-state index contributed by atoms with van der Waals surface area (Å²) in [5, 5.41) is 14.8. The molecule has 3 aromatic carbocycles. The number of aliphatic hydroxyl groups is 1. The minimum absolute atomic E-state index is 0.0881. The smallest absolute Gasteiger partial charge is 0.344 e. The van der Waals surface area contributed by atoms with Gasteiger partial charge in [0, 0.05) is 18.0 Å². The fourth-order valence-electron chi connectivity index (χ4n) is 3.15. The molecule has 0 aliphatic carbocycles. The maximum absolute atomic E-state index is 12.1. The van der Waals surface area contributed by atoms with Crippen LogP contribution in [0.2, 0.25) is 0 Å². The molecular formula is C23H19NO5. The van der Waals surface area contributed by atoms with Gasteiger partial charge in [0.25, 0.3) is 5.91 Å². The molecule has 1 atom stereocenters. The molecule has 1 aromatic heterocycles. The lowest BCUT2D eigenvalue weighted by Gasteiger charge is -2.13. The van der Waals surface area contributed by atoms with Crippen LogP contribution in [0.25, 0.3) is 21.7 Å². The normalized spacial score (nSPS) is 12.0. The summed E-state index contributed by atoms with van der Waals surface area (Å²) in [6, 6.07) is 21.4. The monoisotopic (exact) mass is 389 g/mol. The van der Waals surface area contributed by atoms with Crippen molar-refractivity contribution in [3.8, 4) is 5.75 Å². The van der Waals surface area contributed by atoms with Crippen molar-refractivity contribution < 1.29 is 19.1 Å². The summed E-state index contributed by atoms with van der Waals surface area (Å²) < 4.78 is 10.9. The van der Waals surface area contributed by atoms with Crippen LogP contribution in [-0.4, -0.2) is 24.2 Å². The highest BCUT2D eigenvalue weighted by atomic mass is 16.5. The fourth-order valence-corrected chi connectivity index (χ4v) is 3.15. The van der Waals surface area contributed by atoms with Crippen molar-refractivity contribution in [3.63, 3.8) is 0 Å². The average molecular weight is 389 g/mol. The Labute approximate surface area is 166 Å². The first kappa shape index (κ1) is 18.7. The molecule has 4 aromatic rings. The Hall–Kier alpha value is -3.64. The summed E-state index contributed by atoms with van der Waals surface area (Å²) in [5.74, 6) is 0.0507. The molecular weight excluding hydrogens is 370 g/mol. The Morgan fingerprint density at radius 2 is 1.69 bits per heavy atom. The second kappa shape index (κ2) is 8.16. The van der Waals surface area contributed by atoms with Crippen molar-refractivity contribution in [2.75, 3.05) is 13.2 Å². The van der Waals surface area contributed by atoms with Crippen molar-refractivity contribution in [3.05, 3.63) is 88.8 Å². The lowest BCUT2D eigenvalue weighted by molar-refractivity contribution is -0.123. The van der Waals surface area contributed by atoms with Gasteiger partial charge in [-0.05, 0) is 29.1 Å². The zero-order valence-corrected chi connectivity index (χ0v) is 15.5. The summed E-state index contributed by atoms with van der Waals surface area (Å²) in [6.07, 6.45) is -0.789. The molecule has 0 spiro atoms. The molecule has 0 aliphatic rings. The number of rotatable bonds is 6. The van der Waals surface area contributed by atoms with Crippen molar-refractivity contribution >= 4 is 27.6 Å². The summed E-state index contributed by atoms with van der Waals surface area (Å²) in [5.41, 5.74) is 0.703. The quantitative estimate of drug-likeness (QED) is 0.391. The molecule has 0 saturated heterocycles. The topological polar surface area (TPSA) is 88.8 Å². The van der Waals surface area contributed by atoms with Crippen LogP contribution in [0.15, 0.2) is 82.0 Å². The van der Waals surface area contributed by atoms with Gasteiger partial charge >= 0.3 is 5.63 Å². The third kappa shape index (κ3) is 4.12. The summed E-state index contributed by atoms with van der Waals surface area (Å²) in [6.45, 7) is -0.129. The SMILES string of the molecule is O=C(COc1ccc2c(c1)oc(=O)c1ccccc12)NCC(O)c1ccccc1. The van der Waals surface area contributed by atoms with Gasteiger partial charge in [0.2, 0.25) is 0 Å². The van der Waals surface area contributed by atoms with Crippen LogP contribution in [0.1, 0.15) is 11.7 Å². The second-order valence-corrected chi connectivity index (χ2v) is 6.61. The molecule has 6 nitrogen and oxygen atoms in total. The Bertz CT molecular complexity index is 1220. The van der Waals surface area contributed by atoms with Gasteiger partial charge in [-0.2, -0.15) is 0 Å². The van der Waals surface area contributed by atoms with E-state index in [0.717, 1.165) is 16.3 Å². The maximum Gasteiger partial charge on any atom is 0.344 e.